The van der Waals surface area contributed by atoms with Crippen LogP contribution in [0.1, 0.15) is 13.8 Å². The number of ether oxygens (including phenoxy) is 5. The van der Waals surface area contributed by atoms with Gasteiger partial charge in [0.15, 0.2) is 0 Å². The molecule has 0 radical (unpaired) electrons. The van der Waals surface area contributed by atoms with Gasteiger partial charge in [-0.1, -0.05) is 13.2 Å². The third-order valence-electron chi connectivity index (χ3n) is 2.78. The van der Waals surface area contributed by atoms with Crippen molar-refractivity contribution in [1.29, 1.82) is 0 Å². The molecule has 4 atom stereocenters. The molecule has 0 aliphatic carbocycles. The molecule has 4 unspecified atom stereocenters. The number of epoxide rings is 2. The van der Waals surface area contributed by atoms with Crippen LogP contribution in [0.15, 0.2) is 24.3 Å². The van der Waals surface area contributed by atoms with Gasteiger partial charge in [-0.2, -0.15) is 0 Å². The first kappa shape index (κ1) is 15.7. The Morgan fingerprint density at radius 2 is 1.29 bits per heavy atom. The number of esters is 2. The smallest absolute Gasteiger partial charge is 0.335 e. The van der Waals surface area contributed by atoms with Gasteiger partial charge in [-0.25, -0.2) is 9.59 Å². The molecule has 0 saturated carbocycles. The molecule has 2 rings (SSSR count). The molecule has 0 spiro atoms. The molecular weight excluding hydrogens is 280 g/mol. The van der Waals surface area contributed by atoms with Gasteiger partial charge in [-0.05, 0) is 13.8 Å². The number of rotatable bonds is 8. The molecule has 2 saturated heterocycles. The predicted molar refractivity (Wildman–Crippen MR) is 70.0 cm³/mol. The Morgan fingerprint density at radius 1 is 0.905 bits per heavy atom. The highest BCUT2D eigenvalue weighted by molar-refractivity contribution is 5.87. The fourth-order valence-electron chi connectivity index (χ4n) is 1.41. The Bertz CT molecular complexity index is 428. The summed E-state index contributed by atoms with van der Waals surface area (Å²) in [6.45, 7) is 10.6. The topological polar surface area (TPSA) is 86.9 Å². The summed E-state index contributed by atoms with van der Waals surface area (Å²) in [6, 6.07) is 0. The van der Waals surface area contributed by atoms with E-state index in [2.05, 4.69) is 13.2 Å². The SMILES string of the molecule is C=C(C)C(=O)OC1OC1COCC1OC1OC(=O)C(=C)C. The highest BCUT2D eigenvalue weighted by Gasteiger charge is 2.46. The maximum Gasteiger partial charge on any atom is 0.335 e. The van der Waals surface area contributed by atoms with Crippen LogP contribution in [0, 0.1) is 0 Å². The largest absolute Gasteiger partial charge is 0.429 e. The van der Waals surface area contributed by atoms with Crippen LogP contribution in [-0.2, 0) is 33.3 Å². The maximum absolute atomic E-state index is 11.2. The van der Waals surface area contributed by atoms with E-state index in [4.69, 9.17) is 23.7 Å². The van der Waals surface area contributed by atoms with Crippen LogP contribution in [0.25, 0.3) is 0 Å². The highest BCUT2D eigenvalue weighted by atomic mass is 16.8. The van der Waals surface area contributed by atoms with E-state index < -0.39 is 24.5 Å². The zero-order chi connectivity index (χ0) is 15.6. The first-order valence-electron chi connectivity index (χ1n) is 6.50. The van der Waals surface area contributed by atoms with Gasteiger partial charge < -0.3 is 23.7 Å². The van der Waals surface area contributed by atoms with Gasteiger partial charge in [0, 0.05) is 11.1 Å². The first-order chi connectivity index (χ1) is 9.88. The summed E-state index contributed by atoms with van der Waals surface area (Å²) in [5, 5.41) is 0. The van der Waals surface area contributed by atoms with Crippen LogP contribution in [0.4, 0.5) is 0 Å². The van der Waals surface area contributed by atoms with Gasteiger partial charge in [0.1, 0.15) is 12.2 Å². The van der Waals surface area contributed by atoms with Crippen LogP contribution in [-0.4, -0.2) is 49.9 Å². The molecule has 0 aromatic carbocycles. The Labute approximate surface area is 122 Å². The van der Waals surface area contributed by atoms with Crippen molar-refractivity contribution in [2.24, 2.45) is 0 Å². The average Bonchev–Trinajstić information content (AvgIpc) is 3.29. The summed E-state index contributed by atoms with van der Waals surface area (Å²) in [7, 11) is 0. The van der Waals surface area contributed by atoms with Gasteiger partial charge in [0.25, 0.3) is 0 Å². The molecule has 0 N–H and O–H groups in total. The van der Waals surface area contributed by atoms with E-state index >= 15 is 0 Å². The summed E-state index contributed by atoms with van der Waals surface area (Å²) >= 11 is 0. The van der Waals surface area contributed by atoms with Crippen molar-refractivity contribution >= 4 is 11.9 Å². The van der Waals surface area contributed by atoms with Crippen LogP contribution in [0.2, 0.25) is 0 Å². The minimum atomic E-state index is -0.577. The predicted octanol–water partition coefficient (Wildman–Crippen LogP) is 0.691. The molecule has 7 nitrogen and oxygen atoms in total. The van der Waals surface area contributed by atoms with Crippen LogP contribution in [0.5, 0.6) is 0 Å². The van der Waals surface area contributed by atoms with Crippen LogP contribution >= 0.6 is 0 Å². The second kappa shape index (κ2) is 6.38. The molecule has 0 amide bonds. The van der Waals surface area contributed by atoms with Gasteiger partial charge in [-0.3, -0.25) is 0 Å². The highest BCUT2D eigenvalue weighted by Crippen LogP contribution is 2.27. The van der Waals surface area contributed by atoms with E-state index in [0.29, 0.717) is 11.1 Å². The van der Waals surface area contributed by atoms with E-state index in [9.17, 15) is 9.59 Å². The third-order valence-corrected chi connectivity index (χ3v) is 2.78. The summed E-state index contributed by atoms with van der Waals surface area (Å²) < 4.78 is 25.5. The van der Waals surface area contributed by atoms with Gasteiger partial charge >= 0.3 is 11.9 Å². The standard InChI is InChI=1S/C14H18O7/c1-7(2)11(15)20-13-9(18-13)5-17-6-10-14(19-10)21-12(16)8(3)4/h9-10,13-14H,1,3,5-6H2,2,4H3. The number of hydrogen-bond acceptors (Lipinski definition) is 7. The summed E-state index contributed by atoms with van der Waals surface area (Å²) in [4.78, 5) is 22.4. The molecule has 116 valence electrons. The van der Waals surface area contributed by atoms with Crippen molar-refractivity contribution in [3.8, 4) is 0 Å². The van der Waals surface area contributed by atoms with E-state index in [1.807, 2.05) is 0 Å². The lowest BCUT2D eigenvalue weighted by atomic mass is 10.3. The molecule has 0 bridgehead atoms. The maximum atomic E-state index is 11.2. The summed E-state index contributed by atoms with van der Waals surface area (Å²) in [6.07, 6.45) is -1.70. The normalized spacial score (nSPS) is 29.4. The number of carbonyl (C=O) groups is 2. The van der Waals surface area contributed by atoms with Gasteiger partial charge in [0.05, 0.1) is 13.2 Å². The summed E-state index contributed by atoms with van der Waals surface area (Å²) in [5.41, 5.74) is 0.637. The minimum Gasteiger partial charge on any atom is -0.429 e. The Balaban J connectivity index is 1.53. The number of carbonyl (C=O) groups excluding carboxylic acids is 2. The lowest BCUT2D eigenvalue weighted by Crippen LogP contribution is -2.16. The van der Waals surface area contributed by atoms with Crippen molar-refractivity contribution in [2.45, 2.75) is 38.6 Å². The monoisotopic (exact) mass is 298 g/mol. The zero-order valence-electron chi connectivity index (χ0n) is 12.0. The zero-order valence-corrected chi connectivity index (χ0v) is 12.0. The third kappa shape index (κ3) is 4.66. The molecule has 21 heavy (non-hydrogen) atoms. The van der Waals surface area contributed by atoms with Crippen molar-refractivity contribution < 1.29 is 33.3 Å². The van der Waals surface area contributed by atoms with Gasteiger partial charge in [0.2, 0.25) is 12.6 Å². The lowest BCUT2D eigenvalue weighted by Gasteiger charge is -2.01. The minimum absolute atomic E-state index is 0.273. The molecule has 2 aliphatic rings. The molecule has 7 heteroatoms. The molecule has 0 aromatic rings. The number of hydrogen-bond donors (Lipinski definition) is 0. The second-order valence-corrected chi connectivity index (χ2v) is 4.99. The van der Waals surface area contributed by atoms with Crippen LogP contribution < -0.4 is 0 Å². The van der Waals surface area contributed by atoms with Crippen LogP contribution in [0.3, 0.4) is 0 Å². The second-order valence-electron chi connectivity index (χ2n) is 4.99. The van der Waals surface area contributed by atoms with Gasteiger partial charge in [-0.15, -0.1) is 0 Å². The Morgan fingerprint density at radius 3 is 1.62 bits per heavy atom. The summed E-state index contributed by atoms with van der Waals surface area (Å²) in [5.74, 6) is -0.973. The van der Waals surface area contributed by atoms with Crippen molar-refractivity contribution in [3.05, 3.63) is 24.3 Å². The first-order valence-corrected chi connectivity index (χ1v) is 6.50. The molecule has 2 aliphatic heterocycles. The fourth-order valence-corrected chi connectivity index (χ4v) is 1.41. The lowest BCUT2D eigenvalue weighted by molar-refractivity contribution is -0.144. The van der Waals surface area contributed by atoms with Crippen molar-refractivity contribution in [1.82, 2.24) is 0 Å². The molecule has 2 heterocycles. The Kier molecular flexibility index (Phi) is 4.76. The molecular formula is C14H18O7. The van der Waals surface area contributed by atoms with E-state index in [1.165, 1.54) is 0 Å². The van der Waals surface area contributed by atoms with E-state index in [0.717, 1.165) is 0 Å². The quantitative estimate of drug-likeness (QED) is 0.370. The average molecular weight is 298 g/mol. The van der Waals surface area contributed by atoms with E-state index in [1.54, 1.807) is 13.8 Å². The molecule has 2 fully saturated rings. The van der Waals surface area contributed by atoms with Crippen molar-refractivity contribution in [2.75, 3.05) is 13.2 Å². The fraction of sp³-hybridized carbons (Fsp3) is 0.571. The Hall–Kier alpha value is -1.70. The van der Waals surface area contributed by atoms with Crippen molar-refractivity contribution in [3.63, 3.8) is 0 Å². The van der Waals surface area contributed by atoms with E-state index in [-0.39, 0.29) is 25.4 Å². The molecule has 0 aromatic heterocycles.